The van der Waals surface area contributed by atoms with Crippen LogP contribution in [0, 0.1) is 12.3 Å². The van der Waals surface area contributed by atoms with E-state index in [0.717, 1.165) is 18.4 Å². The van der Waals surface area contributed by atoms with E-state index >= 15 is 0 Å². The third kappa shape index (κ3) is 5.04. The molecule has 0 aliphatic carbocycles. The highest BCUT2D eigenvalue weighted by molar-refractivity contribution is 6.30. The fourth-order valence-corrected chi connectivity index (χ4v) is 3.84. The van der Waals surface area contributed by atoms with Gasteiger partial charge in [0.25, 0.3) is 5.91 Å². The first-order valence-electron chi connectivity index (χ1n) is 9.40. The Bertz CT molecular complexity index is 836. The Balaban J connectivity index is 1.75. The monoisotopic (exact) mass is 400 g/mol. The molecule has 2 amide bonds. The number of nitrogens with two attached hydrogens (primary N) is 1. The van der Waals surface area contributed by atoms with Crippen molar-refractivity contribution in [3.8, 4) is 5.75 Å². The third-order valence-corrected chi connectivity index (χ3v) is 5.41. The molecule has 0 aromatic heterocycles. The molecule has 6 heteroatoms. The second-order valence-electron chi connectivity index (χ2n) is 7.58. The van der Waals surface area contributed by atoms with Crippen LogP contribution in [-0.2, 0) is 4.79 Å². The van der Waals surface area contributed by atoms with Crippen molar-refractivity contribution in [1.29, 1.82) is 0 Å². The molecule has 2 N–H and O–H groups in total. The number of amides is 2. The minimum Gasteiger partial charge on any atom is -0.493 e. The standard InChI is InChI=1S/C22H25ClN2O3/c1-16-3-5-17(6-4-16)21(27)25-12-2-11-22(14-25,13-20(24)26)15-28-19-9-7-18(23)8-10-19/h3-10H,2,11-15H2,1H3,(H2,24,26)/t22-/m0/s1. The van der Waals surface area contributed by atoms with Crippen molar-refractivity contribution in [3.05, 3.63) is 64.7 Å². The molecule has 1 atom stereocenters. The lowest BCUT2D eigenvalue weighted by atomic mass is 9.77. The zero-order chi connectivity index (χ0) is 20.1. The van der Waals surface area contributed by atoms with E-state index in [0.29, 0.717) is 36.0 Å². The first-order valence-corrected chi connectivity index (χ1v) is 9.77. The molecule has 28 heavy (non-hydrogen) atoms. The molecule has 2 aromatic rings. The van der Waals surface area contributed by atoms with Gasteiger partial charge in [-0.1, -0.05) is 29.3 Å². The number of likely N-dealkylation sites (tertiary alicyclic amines) is 1. The maximum atomic E-state index is 13.0. The minimum atomic E-state index is -0.496. The average molecular weight is 401 g/mol. The molecule has 1 heterocycles. The van der Waals surface area contributed by atoms with Gasteiger partial charge < -0.3 is 15.4 Å². The first kappa shape index (κ1) is 20.2. The highest BCUT2D eigenvalue weighted by Crippen LogP contribution is 2.35. The number of hydrogen-bond acceptors (Lipinski definition) is 3. The van der Waals surface area contributed by atoms with Gasteiger partial charge in [-0.05, 0) is 56.2 Å². The van der Waals surface area contributed by atoms with E-state index in [4.69, 9.17) is 22.1 Å². The SMILES string of the molecule is Cc1ccc(C(=O)N2CCC[C@](COc3ccc(Cl)cc3)(CC(N)=O)C2)cc1. The molecule has 5 nitrogen and oxygen atoms in total. The molecule has 0 saturated carbocycles. The lowest BCUT2D eigenvalue weighted by Crippen LogP contribution is -2.50. The number of benzene rings is 2. The Hall–Kier alpha value is -2.53. The van der Waals surface area contributed by atoms with Crippen molar-refractivity contribution in [3.63, 3.8) is 0 Å². The fourth-order valence-electron chi connectivity index (χ4n) is 3.71. The molecule has 0 bridgehead atoms. The Kier molecular flexibility index (Phi) is 6.25. The molecule has 2 aromatic carbocycles. The Labute approximate surface area is 170 Å². The zero-order valence-corrected chi connectivity index (χ0v) is 16.7. The largest absolute Gasteiger partial charge is 0.493 e. The van der Waals surface area contributed by atoms with Gasteiger partial charge >= 0.3 is 0 Å². The molecule has 3 rings (SSSR count). The van der Waals surface area contributed by atoms with Crippen LogP contribution in [0.2, 0.25) is 5.02 Å². The normalized spacial score (nSPS) is 19.3. The maximum Gasteiger partial charge on any atom is 0.253 e. The predicted molar refractivity (Wildman–Crippen MR) is 110 cm³/mol. The second-order valence-corrected chi connectivity index (χ2v) is 8.02. The zero-order valence-electron chi connectivity index (χ0n) is 16.0. The van der Waals surface area contributed by atoms with Crippen LogP contribution in [0.15, 0.2) is 48.5 Å². The molecule has 1 aliphatic rings. The van der Waals surface area contributed by atoms with Crippen LogP contribution in [-0.4, -0.2) is 36.4 Å². The number of carbonyl (C=O) groups is 2. The van der Waals surface area contributed by atoms with E-state index in [1.165, 1.54) is 0 Å². The Morgan fingerprint density at radius 3 is 2.46 bits per heavy atom. The molecule has 0 radical (unpaired) electrons. The summed E-state index contributed by atoms with van der Waals surface area (Å²) in [7, 11) is 0. The van der Waals surface area contributed by atoms with Gasteiger partial charge in [0.05, 0.1) is 6.61 Å². The van der Waals surface area contributed by atoms with Gasteiger partial charge in [-0.3, -0.25) is 9.59 Å². The molecule has 1 fully saturated rings. The summed E-state index contributed by atoms with van der Waals surface area (Å²) in [4.78, 5) is 26.5. The Morgan fingerprint density at radius 2 is 1.82 bits per heavy atom. The van der Waals surface area contributed by atoms with Crippen molar-refractivity contribution < 1.29 is 14.3 Å². The van der Waals surface area contributed by atoms with Crippen molar-refractivity contribution in [2.75, 3.05) is 19.7 Å². The van der Waals surface area contributed by atoms with E-state index in [1.807, 2.05) is 36.1 Å². The minimum absolute atomic E-state index is 0.0277. The van der Waals surface area contributed by atoms with Crippen LogP contribution in [0.5, 0.6) is 5.75 Å². The van der Waals surface area contributed by atoms with E-state index in [9.17, 15) is 9.59 Å². The van der Waals surface area contributed by atoms with Crippen molar-refractivity contribution in [2.24, 2.45) is 11.1 Å². The van der Waals surface area contributed by atoms with Gasteiger partial charge in [0, 0.05) is 35.5 Å². The summed E-state index contributed by atoms with van der Waals surface area (Å²) in [5, 5.41) is 0.631. The molecule has 1 saturated heterocycles. The number of piperidine rings is 1. The maximum absolute atomic E-state index is 13.0. The molecule has 148 valence electrons. The predicted octanol–water partition coefficient (Wildman–Crippen LogP) is 3.83. The average Bonchev–Trinajstić information content (AvgIpc) is 2.67. The smallest absolute Gasteiger partial charge is 0.253 e. The van der Waals surface area contributed by atoms with Crippen molar-refractivity contribution in [2.45, 2.75) is 26.2 Å². The Morgan fingerprint density at radius 1 is 1.14 bits per heavy atom. The number of primary amides is 1. The number of halogens is 1. The molecule has 0 spiro atoms. The second kappa shape index (κ2) is 8.65. The molecule has 0 unspecified atom stereocenters. The van der Waals surface area contributed by atoms with Crippen LogP contribution in [0.25, 0.3) is 0 Å². The summed E-state index contributed by atoms with van der Waals surface area (Å²) in [5.41, 5.74) is 6.79. The van der Waals surface area contributed by atoms with Gasteiger partial charge in [0.2, 0.25) is 5.91 Å². The number of carbonyl (C=O) groups excluding carboxylic acids is 2. The topological polar surface area (TPSA) is 72.6 Å². The van der Waals surface area contributed by atoms with Crippen LogP contribution in [0.1, 0.15) is 35.2 Å². The highest BCUT2D eigenvalue weighted by Gasteiger charge is 2.39. The lowest BCUT2D eigenvalue weighted by Gasteiger charge is -2.42. The number of nitrogens with zero attached hydrogens (tertiary/aromatic N) is 1. The summed E-state index contributed by atoms with van der Waals surface area (Å²) in [6.45, 7) is 3.40. The lowest BCUT2D eigenvalue weighted by molar-refractivity contribution is -0.122. The van der Waals surface area contributed by atoms with E-state index in [2.05, 4.69) is 0 Å². The van der Waals surface area contributed by atoms with Crippen LogP contribution < -0.4 is 10.5 Å². The van der Waals surface area contributed by atoms with Crippen LogP contribution in [0.3, 0.4) is 0 Å². The van der Waals surface area contributed by atoms with Gasteiger partial charge in [0.1, 0.15) is 5.75 Å². The van der Waals surface area contributed by atoms with E-state index in [-0.39, 0.29) is 18.2 Å². The van der Waals surface area contributed by atoms with Gasteiger partial charge in [-0.15, -0.1) is 0 Å². The number of ether oxygens (including phenoxy) is 1. The molecular weight excluding hydrogens is 376 g/mol. The summed E-state index contributed by atoms with van der Waals surface area (Å²) in [6, 6.07) is 14.6. The number of aryl methyl sites for hydroxylation is 1. The third-order valence-electron chi connectivity index (χ3n) is 5.16. The molecule has 1 aliphatic heterocycles. The van der Waals surface area contributed by atoms with Gasteiger partial charge in [0.15, 0.2) is 0 Å². The first-order chi connectivity index (χ1) is 13.4. The van der Waals surface area contributed by atoms with Crippen molar-refractivity contribution >= 4 is 23.4 Å². The summed E-state index contributed by atoms with van der Waals surface area (Å²) in [6.07, 6.45) is 1.76. The summed E-state index contributed by atoms with van der Waals surface area (Å²) < 4.78 is 5.95. The highest BCUT2D eigenvalue weighted by atomic mass is 35.5. The van der Waals surface area contributed by atoms with E-state index < -0.39 is 5.41 Å². The quantitative estimate of drug-likeness (QED) is 0.800. The van der Waals surface area contributed by atoms with Crippen LogP contribution >= 0.6 is 11.6 Å². The number of rotatable bonds is 6. The van der Waals surface area contributed by atoms with E-state index in [1.54, 1.807) is 24.3 Å². The summed E-state index contributed by atoms with van der Waals surface area (Å²) in [5.74, 6) is 0.264. The molecular formula is C22H25ClN2O3. The number of hydrogen-bond donors (Lipinski definition) is 1. The van der Waals surface area contributed by atoms with Gasteiger partial charge in [-0.2, -0.15) is 0 Å². The van der Waals surface area contributed by atoms with Gasteiger partial charge in [-0.25, -0.2) is 0 Å². The van der Waals surface area contributed by atoms with Crippen molar-refractivity contribution in [1.82, 2.24) is 4.90 Å². The summed E-state index contributed by atoms with van der Waals surface area (Å²) >= 11 is 5.92. The van der Waals surface area contributed by atoms with Crippen LogP contribution in [0.4, 0.5) is 0 Å². The fraction of sp³-hybridized carbons (Fsp3) is 0.364.